The van der Waals surface area contributed by atoms with Crippen molar-refractivity contribution in [3.05, 3.63) is 85.1 Å². The highest BCUT2D eigenvalue weighted by Gasteiger charge is 2.50. The number of carbonyl (C=O) groups is 4. The molecule has 0 aliphatic carbocycles. The monoisotopic (exact) mass is 941 g/mol. The first-order valence-corrected chi connectivity index (χ1v) is 25.6. The number of carboxylic acid groups (broad SMARTS) is 1. The van der Waals surface area contributed by atoms with Crippen molar-refractivity contribution in [1.82, 2.24) is 0 Å². The van der Waals surface area contributed by atoms with E-state index in [0.29, 0.717) is 19.3 Å². The molecule has 67 heavy (non-hydrogen) atoms. The lowest BCUT2D eigenvalue weighted by atomic mass is 9.98. The third-order valence-electron chi connectivity index (χ3n) is 10.9. The standard InChI is InChI=1S/C55H88O12/c1-4-7-10-13-16-19-22-24-27-29-32-35-38-41-47(56)63-44-46(65-48(57)42-39-36-33-31-28-25-23-20-17-14-11-8-5-2)45-64-55-53(51(60)50(59)52(67-55)54(61)62)66-49(58)43-40-37-34-30-26-21-18-15-12-9-6-3/h7-8,10-11,15-20,24-25,27-28,46,50-53,55,59-60H,4-6,9,12-14,21-23,26,29-45H2,1-3H3,(H,61,62)/b10-7-,11-8-,18-15-,19-16-,20-17-,27-24-,28-25-. The maximum Gasteiger partial charge on any atom is 0.335 e. The number of esters is 3. The van der Waals surface area contributed by atoms with Crippen molar-refractivity contribution < 1.29 is 58.2 Å². The van der Waals surface area contributed by atoms with Gasteiger partial charge in [0.2, 0.25) is 0 Å². The first kappa shape index (κ1) is 60.9. The molecule has 12 nitrogen and oxygen atoms in total. The Hall–Kier alpha value is -4.10. The number of aliphatic carboxylic acids is 1. The number of aliphatic hydroxyl groups is 2. The van der Waals surface area contributed by atoms with Gasteiger partial charge in [0.25, 0.3) is 0 Å². The number of carbonyl (C=O) groups excluding carboxylic acids is 3. The zero-order chi connectivity index (χ0) is 49.0. The SMILES string of the molecule is CC/C=C\C/C=C\C/C=C\CCCCCC(=O)OCC(COC1OC(C(=O)O)C(O)C(O)C1OC(=O)CCCCCCC/C=C\CCCC)OC(=O)CCCCC/C=C\C/C=C\C/C=C\CC. The number of carboxylic acids is 1. The first-order chi connectivity index (χ1) is 32.6. The fourth-order valence-corrected chi connectivity index (χ4v) is 7.02. The Morgan fingerprint density at radius 3 is 1.46 bits per heavy atom. The zero-order valence-corrected chi connectivity index (χ0v) is 41.4. The lowest BCUT2D eigenvalue weighted by Gasteiger charge is -2.40. The largest absolute Gasteiger partial charge is 0.479 e. The van der Waals surface area contributed by atoms with Gasteiger partial charge in [0, 0.05) is 19.3 Å². The van der Waals surface area contributed by atoms with E-state index < -0.39 is 67.3 Å². The van der Waals surface area contributed by atoms with Crippen LogP contribution in [0.2, 0.25) is 0 Å². The average molecular weight is 941 g/mol. The Kier molecular flexibility index (Phi) is 39.3. The van der Waals surface area contributed by atoms with Gasteiger partial charge in [-0.15, -0.1) is 0 Å². The molecular weight excluding hydrogens is 853 g/mol. The van der Waals surface area contributed by atoms with Crippen molar-refractivity contribution in [2.75, 3.05) is 13.2 Å². The van der Waals surface area contributed by atoms with Crippen LogP contribution in [0, 0.1) is 0 Å². The summed E-state index contributed by atoms with van der Waals surface area (Å²) in [6.07, 6.45) is 41.6. The van der Waals surface area contributed by atoms with Crippen molar-refractivity contribution >= 4 is 23.9 Å². The second-order valence-corrected chi connectivity index (χ2v) is 17.0. The molecule has 1 aliphatic heterocycles. The molecule has 380 valence electrons. The molecule has 6 atom stereocenters. The van der Waals surface area contributed by atoms with Crippen LogP contribution in [0.5, 0.6) is 0 Å². The highest BCUT2D eigenvalue weighted by Crippen LogP contribution is 2.26. The van der Waals surface area contributed by atoms with Crippen molar-refractivity contribution in [3.8, 4) is 0 Å². The van der Waals surface area contributed by atoms with Gasteiger partial charge in [0.15, 0.2) is 24.6 Å². The molecule has 0 aromatic rings. The van der Waals surface area contributed by atoms with Crippen LogP contribution in [0.3, 0.4) is 0 Å². The van der Waals surface area contributed by atoms with Crippen LogP contribution in [-0.4, -0.2) is 89.2 Å². The Bertz CT molecular complexity index is 1490. The lowest BCUT2D eigenvalue weighted by molar-refractivity contribution is -0.301. The summed E-state index contributed by atoms with van der Waals surface area (Å²) in [5, 5.41) is 31.3. The molecule has 3 N–H and O–H groups in total. The Morgan fingerprint density at radius 2 is 0.940 bits per heavy atom. The molecule has 0 saturated carbocycles. The maximum atomic E-state index is 13.0. The molecule has 1 fully saturated rings. The van der Waals surface area contributed by atoms with E-state index in [1.165, 1.54) is 12.8 Å². The molecule has 0 aromatic carbocycles. The molecular formula is C55H88O12. The molecule has 6 unspecified atom stereocenters. The summed E-state index contributed by atoms with van der Waals surface area (Å²) in [4.78, 5) is 50.7. The first-order valence-electron chi connectivity index (χ1n) is 25.6. The Labute approximate surface area is 403 Å². The van der Waals surface area contributed by atoms with Gasteiger partial charge in [-0.3, -0.25) is 14.4 Å². The number of rotatable bonds is 41. The van der Waals surface area contributed by atoms with Gasteiger partial charge in [0.05, 0.1) is 6.61 Å². The molecule has 1 rings (SSSR count). The van der Waals surface area contributed by atoms with E-state index in [4.69, 9.17) is 23.7 Å². The summed E-state index contributed by atoms with van der Waals surface area (Å²) in [5.41, 5.74) is 0. The van der Waals surface area contributed by atoms with Crippen molar-refractivity contribution in [3.63, 3.8) is 0 Å². The smallest absolute Gasteiger partial charge is 0.335 e. The molecule has 0 radical (unpaired) electrons. The van der Waals surface area contributed by atoms with E-state index in [1.54, 1.807) is 0 Å². The number of aliphatic hydroxyl groups excluding tert-OH is 2. The molecule has 0 spiro atoms. The van der Waals surface area contributed by atoms with Gasteiger partial charge in [-0.05, 0) is 103 Å². The van der Waals surface area contributed by atoms with Crippen molar-refractivity contribution in [2.45, 2.75) is 225 Å². The van der Waals surface area contributed by atoms with Crippen LogP contribution in [0.25, 0.3) is 0 Å². The molecule has 1 saturated heterocycles. The number of unbranched alkanes of at least 4 members (excludes halogenated alkanes) is 13. The minimum atomic E-state index is -1.91. The fraction of sp³-hybridized carbons (Fsp3) is 0.673. The molecule has 0 aromatic heterocycles. The van der Waals surface area contributed by atoms with Crippen LogP contribution >= 0.6 is 0 Å². The number of hydrogen-bond donors (Lipinski definition) is 3. The van der Waals surface area contributed by atoms with E-state index in [0.717, 1.165) is 116 Å². The summed E-state index contributed by atoms with van der Waals surface area (Å²) in [7, 11) is 0. The zero-order valence-electron chi connectivity index (χ0n) is 41.4. The second kappa shape index (κ2) is 43.2. The normalized spacial score (nSPS) is 19.6. The average Bonchev–Trinajstić information content (AvgIpc) is 3.31. The van der Waals surface area contributed by atoms with Gasteiger partial charge in [0.1, 0.15) is 18.8 Å². The molecule has 12 heteroatoms. The minimum Gasteiger partial charge on any atom is -0.479 e. The van der Waals surface area contributed by atoms with Crippen LogP contribution in [0.15, 0.2) is 85.1 Å². The lowest BCUT2D eigenvalue weighted by Crippen LogP contribution is -2.61. The third-order valence-corrected chi connectivity index (χ3v) is 10.9. The predicted octanol–water partition coefficient (Wildman–Crippen LogP) is 12.0. The summed E-state index contributed by atoms with van der Waals surface area (Å²) in [6.45, 7) is 5.62. The van der Waals surface area contributed by atoms with Crippen LogP contribution in [0.1, 0.15) is 188 Å². The van der Waals surface area contributed by atoms with E-state index in [9.17, 15) is 34.5 Å². The second-order valence-electron chi connectivity index (χ2n) is 17.0. The van der Waals surface area contributed by atoms with Gasteiger partial charge in [-0.1, -0.05) is 151 Å². The Morgan fingerprint density at radius 1 is 0.507 bits per heavy atom. The van der Waals surface area contributed by atoms with Crippen molar-refractivity contribution in [1.29, 1.82) is 0 Å². The van der Waals surface area contributed by atoms with Gasteiger partial charge >= 0.3 is 23.9 Å². The molecule has 0 bridgehead atoms. The topological polar surface area (TPSA) is 175 Å². The van der Waals surface area contributed by atoms with Crippen molar-refractivity contribution in [2.24, 2.45) is 0 Å². The number of hydrogen-bond acceptors (Lipinski definition) is 11. The summed E-state index contributed by atoms with van der Waals surface area (Å²) in [5.74, 6) is -3.23. The molecule has 1 heterocycles. The van der Waals surface area contributed by atoms with Gasteiger partial charge in [-0.25, -0.2) is 4.79 Å². The fourth-order valence-electron chi connectivity index (χ4n) is 7.02. The summed E-state index contributed by atoms with van der Waals surface area (Å²) < 4.78 is 28.2. The summed E-state index contributed by atoms with van der Waals surface area (Å²) >= 11 is 0. The van der Waals surface area contributed by atoms with E-state index >= 15 is 0 Å². The highest BCUT2D eigenvalue weighted by atomic mass is 16.7. The van der Waals surface area contributed by atoms with E-state index in [2.05, 4.69) is 106 Å². The number of ether oxygens (including phenoxy) is 5. The Balaban J connectivity index is 2.80. The van der Waals surface area contributed by atoms with Crippen LogP contribution in [0.4, 0.5) is 0 Å². The maximum absolute atomic E-state index is 13.0. The van der Waals surface area contributed by atoms with E-state index in [1.807, 2.05) is 0 Å². The quantitative estimate of drug-likeness (QED) is 0.0229. The van der Waals surface area contributed by atoms with Crippen LogP contribution in [-0.2, 0) is 42.9 Å². The minimum absolute atomic E-state index is 0.0397. The predicted molar refractivity (Wildman–Crippen MR) is 266 cm³/mol. The van der Waals surface area contributed by atoms with E-state index in [-0.39, 0.29) is 25.9 Å². The summed E-state index contributed by atoms with van der Waals surface area (Å²) in [6, 6.07) is 0. The van der Waals surface area contributed by atoms with Gasteiger partial charge < -0.3 is 39.0 Å². The van der Waals surface area contributed by atoms with Gasteiger partial charge in [-0.2, -0.15) is 0 Å². The molecule has 1 aliphatic rings. The molecule has 0 amide bonds. The third kappa shape index (κ3) is 33.9. The van der Waals surface area contributed by atoms with Crippen LogP contribution < -0.4 is 0 Å². The number of allylic oxidation sites excluding steroid dienone is 14. The highest BCUT2D eigenvalue weighted by molar-refractivity contribution is 5.74.